The van der Waals surface area contributed by atoms with Gasteiger partial charge in [-0.25, -0.2) is 18.2 Å². The fraction of sp³-hybridized carbons (Fsp3) is 0.261. The van der Waals surface area contributed by atoms with Crippen molar-refractivity contribution in [2.24, 2.45) is 0 Å². The topological polar surface area (TPSA) is 135 Å². The Bertz CT molecular complexity index is 1560. The van der Waals surface area contributed by atoms with Gasteiger partial charge in [0.25, 0.3) is 5.56 Å². The monoisotopic (exact) mass is 480 g/mol. The minimum absolute atomic E-state index is 0.273. The number of nitrogens with one attached hydrogen (secondary N) is 3. The first-order chi connectivity index (χ1) is 16.3. The highest BCUT2D eigenvalue weighted by atomic mass is 32.2. The third kappa shape index (κ3) is 4.39. The van der Waals surface area contributed by atoms with E-state index >= 15 is 0 Å². The molecule has 0 aliphatic carbocycles. The van der Waals surface area contributed by atoms with Crippen LogP contribution in [0.4, 0.5) is 5.69 Å². The number of aromatic nitrogens is 4. The average Bonchev–Trinajstić information content (AvgIpc) is 3.26. The van der Waals surface area contributed by atoms with E-state index in [1.807, 2.05) is 18.2 Å². The van der Waals surface area contributed by atoms with Crippen LogP contribution in [0.15, 0.2) is 63.1 Å². The fourth-order valence-electron chi connectivity index (χ4n) is 4.21. The molecule has 0 atom stereocenters. The molecule has 0 radical (unpaired) electrons. The van der Waals surface area contributed by atoms with Crippen molar-refractivity contribution >= 4 is 26.6 Å². The van der Waals surface area contributed by atoms with Gasteiger partial charge in [-0.2, -0.15) is 0 Å². The molecule has 2 aromatic heterocycles. The van der Waals surface area contributed by atoms with Crippen molar-refractivity contribution in [3.05, 3.63) is 75.1 Å². The van der Waals surface area contributed by atoms with Gasteiger partial charge < -0.3 is 14.9 Å². The van der Waals surface area contributed by atoms with Gasteiger partial charge in [0.15, 0.2) is 9.84 Å². The van der Waals surface area contributed by atoms with Gasteiger partial charge in [-0.3, -0.25) is 14.7 Å². The van der Waals surface area contributed by atoms with Crippen molar-refractivity contribution in [1.29, 1.82) is 0 Å². The van der Waals surface area contributed by atoms with Crippen LogP contribution < -0.4 is 16.1 Å². The van der Waals surface area contributed by atoms with E-state index in [0.717, 1.165) is 48.5 Å². The Morgan fingerprint density at radius 2 is 1.71 bits per heavy atom. The molecule has 0 bridgehead atoms. The van der Waals surface area contributed by atoms with E-state index in [1.54, 1.807) is 24.3 Å². The van der Waals surface area contributed by atoms with Crippen molar-refractivity contribution in [3.63, 3.8) is 0 Å². The standard InChI is InChI=1S/C23H24N6O4S/c1-34(32,33)17-7-5-15(6-8-17)21-25-18-3-2-4-19(20(18)26-21)29-11-9-28(10-12-29)14-16-13-24-23(31)27-22(16)30/h2-8,13H,9-12,14H2,1H3,(H,25,26)(H2,24,27,30,31). The third-order valence-electron chi connectivity index (χ3n) is 6.05. The summed E-state index contributed by atoms with van der Waals surface area (Å²) < 4.78 is 23.5. The van der Waals surface area contributed by atoms with Crippen LogP contribution in [0.25, 0.3) is 22.4 Å². The summed E-state index contributed by atoms with van der Waals surface area (Å²) in [5.41, 5.74) is 3.27. The molecule has 1 aliphatic heterocycles. The molecule has 0 spiro atoms. The lowest BCUT2D eigenvalue weighted by atomic mass is 10.2. The predicted octanol–water partition coefficient (Wildman–Crippen LogP) is 1.33. The number of hydrogen-bond acceptors (Lipinski definition) is 7. The molecule has 2 aromatic carbocycles. The molecule has 1 saturated heterocycles. The molecule has 1 aliphatic rings. The number of nitrogens with zero attached hydrogens (tertiary/aromatic N) is 3. The van der Waals surface area contributed by atoms with Crippen LogP contribution in [0, 0.1) is 0 Å². The number of hydrogen-bond donors (Lipinski definition) is 3. The van der Waals surface area contributed by atoms with Gasteiger partial charge in [0, 0.05) is 56.3 Å². The normalized spacial score (nSPS) is 15.1. The van der Waals surface area contributed by atoms with E-state index in [1.165, 1.54) is 12.5 Å². The summed E-state index contributed by atoms with van der Waals surface area (Å²) in [4.78, 5) is 40.9. The molecule has 34 heavy (non-hydrogen) atoms. The molecule has 3 N–H and O–H groups in total. The summed E-state index contributed by atoms with van der Waals surface area (Å²) in [6, 6.07) is 12.7. The Kier molecular flexibility index (Phi) is 5.58. The lowest BCUT2D eigenvalue weighted by Crippen LogP contribution is -2.46. The molecule has 0 amide bonds. The van der Waals surface area contributed by atoms with Crippen molar-refractivity contribution in [3.8, 4) is 11.4 Å². The number of imidazole rings is 1. The predicted molar refractivity (Wildman–Crippen MR) is 130 cm³/mol. The Balaban J connectivity index is 1.34. The molecule has 0 unspecified atom stereocenters. The molecule has 5 rings (SSSR count). The number of anilines is 1. The Morgan fingerprint density at radius 1 is 0.971 bits per heavy atom. The van der Waals surface area contributed by atoms with E-state index in [0.29, 0.717) is 17.9 Å². The maximum absolute atomic E-state index is 12.0. The molecular formula is C23H24N6O4S. The largest absolute Gasteiger partial charge is 0.367 e. The zero-order chi connectivity index (χ0) is 23.9. The quantitative estimate of drug-likeness (QED) is 0.392. The Hall–Kier alpha value is -3.70. The summed E-state index contributed by atoms with van der Waals surface area (Å²) >= 11 is 0. The lowest BCUT2D eigenvalue weighted by Gasteiger charge is -2.36. The maximum Gasteiger partial charge on any atom is 0.325 e. The minimum Gasteiger partial charge on any atom is -0.367 e. The van der Waals surface area contributed by atoms with Crippen LogP contribution in [0.5, 0.6) is 0 Å². The van der Waals surface area contributed by atoms with Crippen molar-refractivity contribution in [2.75, 3.05) is 37.3 Å². The highest BCUT2D eigenvalue weighted by Crippen LogP contribution is 2.29. The van der Waals surface area contributed by atoms with Crippen molar-refractivity contribution < 1.29 is 8.42 Å². The molecular weight excluding hydrogens is 456 g/mol. The van der Waals surface area contributed by atoms with Gasteiger partial charge in [-0.05, 0) is 36.4 Å². The zero-order valence-electron chi connectivity index (χ0n) is 18.5. The molecule has 4 aromatic rings. The van der Waals surface area contributed by atoms with Crippen molar-refractivity contribution in [1.82, 2.24) is 24.8 Å². The van der Waals surface area contributed by atoms with Gasteiger partial charge in [0.1, 0.15) is 11.3 Å². The molecule has 10 nitrogen and oxygen atoms in total. The number of H-pyrrole nitrogens is 3. The molecule has 11 heteroatoms. The van der Waals surface area contributed by atoms with E-state index < -0.39 is 15.5 Å². The fourth-order valence-corrected chi connectivity index (χ4v) is 4.84. The highest BCUT2D eigenvalue weighted by Gasteiger charge is 2.21. The summed E-state index contributed by atoms with van der Waals surface area (Å²) in [5.74, 6) is 0.679. The van der Waals surface area contributed by atoms with Gasteiger partial charge in [-0.1, -0.05) is 6.07 Å². The Morgan fingerprint density at radius 3 is 2.38 bits per heavy atom. The smallest absolute Gasteiger partial charge is 0.325 e. The number of fused-ring (bicyclic) bond motifs is 1. The zero-order valence-corrected chi connectivity index (χ0v) is 19.4. The number of para-hydroxylation sites is 1. The molecule has 1 fully saturated rings. The van der Waals surface area contributed by atoms with Crippen molar-refractivity contribution in [2.45, 2.75) is 11.4 Å². The number of sulfone groups is 1. The number of benzene rings is 2. The summed E-state index contributed by atoms with van der Waals surface area (Å²) in [7, 11) is -3.25. The van der Waals surface area contributed by atoms with E-state index in [-0.39, 0.29) is 10.5 Å². The number of rotatable bonds is 5. The third-order valence-corrected chi connectivity index (χ3v) is 7.18. The molecule has 0 saturated carbocycles. The highest BCUT2D eigenvalue weighted by molar-refractivity contribution is 7.90. The first kappa shape index (κ1) is 22.1. The van der Waals surface area contributed by atoms with Crippen LogP contribution >= 0.6 is 0 Å². The second-order valence-electron chi connectivity index (χ2n) is 8.42. The first-order valence-corrected chi connectivity index (χ1v) is 12.7. The van der Waals surface area contributed by atoms with Gasteiger partial charge in [0.2, 0.25) is 0 Å². The van der Waals surface area contributed by atoms with E-state index in [4.69, 9.17) is 4.98 Å². The van der Waals surface area contributed by atoms with E-state index in [2.05, 4.69) is 24.8 Å². The van der Waals surface area contributed by atoms with Gasteiger partial charge in [0.05, 0.1) is 16.1 Å². The van der Waals surface area contributed by atoms with Gasteiger partial charge in [-0.15, -0.1) is 0 Å². The van der Waals surface area contributed by atoms with Crippen LogP contribution in [-0.2, 0) is 16.4 Å². The lowest BCUT2D eigenvalue weighted by molar-refractivity contribution is 0.248. The minimum atomic E-state index is -3.25. The average molecular weight is 481 g/mol. The summed E-state index contributed by atoms with van der Waals surface area (Å²) in [6.45, 7) is 3.54. The first-order valence-electron chi connectivity index (χ1n) is 10.9. The molecule has 3 heterocycles. The van der Waals surface area contributed by atoms with Crippen LogP contribution in [-0.4, -0.2) is 65.7 Å². The summed E-state index contributed by atoms with van der Waals surface area (Å²) in [6.07, 6.45) is 2.66. The molecule has 176 valence electrons. The second kappa shape index (κ2) is 8.58. The van der Waals surface area contributed by atoms with Gasteiger partial charge >= 0.3 is 5.69 Å². The summed E-state index contributed by atoms with van der Waals surface area (Å²) in [5, 5.41) is 0. The SMILES string of the molecule is CS(=O)(=O)c1ccc(-c2nc3c(N4CCN(Cc5c[nH]c(=O)[nH]c5=O)CC4)cccc3[nH]2)cc1. The number of aromatic amines is 3. The van der Waals surface area contributed by atoms with Crippen LogP contribution in [0.3, 0.4) is 0 Å². The van der Waals surface area contributed by atoms with E-state index in [9.17, 15) is 18.0 Å². The van der Waals surface area contributed by atoms with Crippen LogP contribution in [0.1, 0.15) is 5.56 Å². The van der Waals surface area contributed by atoms with Crippen LogP contribution in [0.2, 0.25) is 0 Å². The number of piperazine rings is 1. The second-order valence-corrected chi connectivity index (χ2v) is 10.4. The Labute approximate surface area is 195 Å². The maximum atomic E-state index is 12.0.